The number of benzene rings is 2. The molecule has 0 aliphatic carbocycles. The summed E-state index contributed by atoms with van der Waals surface area (Å²) in [4.78, 5) is 11.0. The van der Waals surface area contributed by atoms with Crippen molar-refractivity contribution in [3.63, 3.8) is 0 Å². The zero-order chi connectivity index (χ0) is 10.8. The topological polar surface area (TPSA) is 26.3 Å². The lowest BCUT2D eigenvalue weighted by molar-refractivity contribution is 0.112. The molecule has 0 N–H and O–H groups in total. The predicted octanol–water partition coefficient (Wildman–Crippen LogP) is 3.42. The van der Waals surface area contributed by atoms with Gasteiger partial charge in [-0.2, -0.15) is 0 Å². The van der Waals surface area contributed by atoms with Gasteiger partial charge in [-0.1, -0.05) is 28.1 Å². The van der Waals surface area contributed by atoms with Crippen LogP contribution in [0.1, 0.15) is 10.4 Å². The van der Waals surface area contributed by atoms with Crippen molar-refractivity contribution in [3.8, 4) is 5.75 Å². The molecule has 15 heavy (non-hydrogen) atoms. The highest BCUT2D eigenvalue weighted by molar-refractivity contribution is 9.10. The van der Waals surface area contributed by atoms with Crippen molar-refractivity contribution in [1.82, 2.24) is 0 Å². The van der Waals surface area contributed by atoms with Gasteiger partial charge < -0.3 is 4.74 Å². The monoisotopic (exact) mass is 264 g/mol. The van der Waals surface area contributed by atoms with Gasteiger partial charge in [-0.15, -0.1) is 0 Å². The maximum atomic E-state index is 11.0. The molecule has 0 heterocycles. The van der Waals surface area contributed by atoms with Crippen LogP contribution in [0.5, 0.6) is 5.75 Å². The smallest absolute Gasteiger partial charge is 0.154 e. The lowest BCUT2D eigenvalue weighted by Gasteiger charge is -2.07. The fourth-order valence-electron chi connectivity index (χ4n) is 1.60. The van der Waals surface area contributed by atoms with Gasteiger partial charge in [0.2, 0.25) is 0 Å². The first-order valence-electron chi connectivity index (χ1n) is 4.47. The van der Waals surface area contributed by atoms with Crippen molar-refractivity contribution >= 4 is 33.0 Å². The van der Waals surface area contributed by atoms with E-state index in [1.807, 2.05) is 24.3 Å². The first-order valence-corrected chi connectivity index (χ1v) is 5.27. The minimum Gasteiger partial charge on any atom is -0.496 e. The molecular formula is C12H9BrO2. The molecular weight excluding hydrogens is 256 g/mol. The fraction of sp³-hybridized carbons (Fsp3) is 0.0833. The van der Waals surface area contributed by atoms with Crippen molar-refractivity contribution in [1.29, 1.82) is 0 Å². The largest absolute Gasteiger partial charge is 0.496 e. The summed E-state index contributed by atoms with van der Waals surface area (Å²) in [7, 11) is 1.56. The van der Waals surface area contributed by atoms with E-state index in [0.717, 1.165) is 21.5 Å². The molecule has 0 amide bonds. The van der Waals surface area contributed by atoms with Gasteiger partial charge in [0.05, 0.1) is 12.7 Å². The van der Waals surface area contributed by atoms with E-state index in [9.17, 15) is 4.79 Å². The molecule has 0 atom stereocenters. The number of fused-ring (bicyclic) bond motifs is 1. The highest BCUT2D eigenvalue weighted by Crippen LogP contribution is 2.28. The van der Waals surface area contributed by atoms with Crippen LogP contribution in [0.15, 0.2) is 34.8 Å². The van der Waals surface area contributed by atoms with E-state index >= 15 is 0 Å². The molecule has 0 aliphatic rings. The molecule has 76 valence electrons. The van der Waals surface area contributed by atoms with Gasteiger partial charge in [0, 0.05) is 4.47 Å². The lowest BCUT2D eigenvalue weighted by Crippen LogP contribution is -1.91. The highest BCUT2D eigenvalue weighted by Gasteiger charge is 2.06. The second-order valence-corrected chi connectivity index (χ2v) is 4.08. The average molecular weight is 265 g/mol. The number of ether oxygens (including phenoxy) is 1. The van der Waals surface area contributed by atoms with Crippen molar-refractivity contribution in [2.75, 3.05) is 7.11 Å². The maximum Gasteiger partial charge on any atom is 0.154 e. The second kappa shape index (κ2) is 4.03. The summed E-state index contributed by atoms with van der Waals surface area (Å²) in [5.41, 5.74) is 0.600. The normalized spacial score (nSPS) is 10.3. The van der Waals surface area contributed by atoms with Crippen LogP contribution in [0.4, 0.5) is 0 Å². The number of carbonyl (C=O) groups is 1. The van der Waals surface area contributed by atoms with Gasteiger partial charge in [0.15, 0.2) is 6.29 Å². The van der Waals surface area contributed by atoms with Crippen LogP contribution in [0, 0.1) is 0 Å². The molecule has 0 saturated heterocycles. The van der Waals surface area contributed by atoms with Crippen LogP contribution in [0.3, 0.4) is 0 Å². The standard InChI is InChI=1S/C12H9BrO2/c1-15-12-5-2-8-6-9(13)3-4-10(8)11(12)7-14/h2-7H,1H3. The Balaban J connectivity index is 2.82. The van der Waals surface area contributed by atoms with E-state index in [1.165, 1.54) is 0 Å². The van der Waals surface area contributed by atoms with Gasteiger partial charge in [0.25, 0.3) is 0 Å². The summed E-state index contributed by atoms with van der Waals surface area (Å²) in [6.07, 6.45) is 0.828. The Kier molecular flexibility index (Phi) is 2.73. The summed E-state index contributed by atoms with van der Waals surface area (Å²) in [6.45, 7) is 0. The highest BCUT2D eigenvalue weighted by atomic mass is 79.9. The number of methoxy groups -OCH3 is 1. The molecule has 0 aromatic heterocycles. The van der Waals surface area contributed by atoms with Crippen LogP contribution >= 0.6 is 15.9 Å². The fourth-order valence-corrected chi connectivity index (χ4v) is 1.98. The molecule has 0 aliphatic heterocycles. The number of aldehydes is 1. The minimum atomic E-state index is 0.600. The summed E-state index contributed by atoms with van der Waals surface area (Å²) >= 11 is 3.39. The molecule has 3 heteroatoms. The van der Waals surface area contributed by atoms with E-state index in [4.69, 9.17) is 4.74 Å². The molecule has 0 radical (unpaired) electrons. The molecule has 0 bridgehead atoms. The summed E-state index contributed by atoms with van der Waals surface area (Å²) < 4.78 is 6.13. The quantitative estimate of drug-likeness (QED) is 0.777. The number of rotatable bonds is 2. The van der Waals surface area contributed by atoms with Gasteiger partial charge in [-0.25, -0.2) is 0 Å². The van der Waals surface area contributed by atoms with E-state index in [0.29, 0.717) is 11.3 Å². The van der Waals surface area contributed by atoms with E-state index in [2.05, 4.69) is 15.9 Å². The third-order valence-electron chi connectivity index (χ3n) is 2.32. The van der Waals surface area contributed by atoms with Gasteiger partial charge in [0.1, 0.15) is 5.75 Å². The van der Waals surface area contributed by atoms with E-state index in [-0.39, 0.29) is 0 Å². The Morgan fingerprint density at radius 3 is 2.73 bits per heavy atom. The first-order chi connectivity index (χ1) is 7.26. The van der Waals surface area contributed by atoms with Crippen LogP contribution in [0.25, 0.3) is 10.8 Å². The van der Waals surface area contributed by atoms with Crippen LogP contribution in [0.2, 0.25) is 0 Å². The van der Waals surface area contributed by atoms with Gasteiger partial charge in [-0.05, 0) is 29.0 Å². The Bertz CT molecular complexity index is 520. The first kappa shape index (κ1) is 10.2. The number of hydrogen-bond acceptors (Lipinski definition) is 2. The third kappa shape index (κ3) is 1.75. The third-order valence-corrected chi connectivity index (χ3v) is 2.81. The zero-order valence-electron chi connectivity index (χ0n) is 8.16. The molecule has 2 nitrogen and oxygen atoms in total. The van der Waals surface area contributed by atoms with E-state index in [1.54, 1.807) is 13.2 Å². The van der Waals surface area contributed by atoms with Crippen LogP contribution in [-0.2, 0) is 0 Å². The Morgan fingerprint density at radius 2 is 2.07 bits per heavy atom. The maximum absolute atomic E-state index is 11.0. The van der Waals surface area contributed by atoms with Crippen molar-refractivity contribution in [3.05, 3.63) is 40.4 Å². The minimum absolute atomic E-state index is 0.600. The van der Waals surface area contributed by atoms with Crippen molar-refractivity contribution < 1.29 is 9.53 Å². The summed E-state index contributed by atoms with van der Waals surface area (Å²) in [5, 5.41) is 1.93. The molecule has 0 saturated carbocycles. The predicted molar refractivity (Wildman–Crippen MR) is 63.6 cm³/mol. The molecule has 0 fully saturated rings. The Morgan fingerprint density at radius 1 is 1.27 bits per heavy atom. The van der Waals surface area contributed by atoms with Crippen LogP contribution < -0.4 is 4.74 Å². The van der Waals surface area contributed by atoms with Crippen LogP contribution in [-0.4, -0.2) is 13.4 Å². The summed E-state index contributed by atoms with van der Waals surface area (Å²) in [5.74, 6) is 0.611. The molecule has 2 aromatic rings. The zero-order valence-corrected chi connectivity index (χ0v) is 9.74. The SMILES string of the molecule is COc1ccc2cc(Br)ccc2c1C=O. The molecule has 2 aromatic carbocycles. The molecule has 2 rings (SSSR count). The average Bonchev–Trinajstić information content (AvgIpc) is 2.27. The Hall–Kier alpha value is -1.35. The molecule has 0 spiro atoms. The van der Waals surface area contributed by atoms with Crippen molar-refractivity contribution in [2.24, 2.45) is 0 Å². The summed E-state index contributed by atoms with van der Waals surface area (Å²) in [6, 6.07) is 9.53. The number of carbonyl (C=O) groups excluding carboxylic acids is 1. The Labute approximate surface area is 96.0 Å². The number of hydrogen-bond donors (Lipinski definition) is 0. The van der Waals surface area contributed by atoms with Crippen molar-refractivity contribution in [2.45, 2.75) is 0 Å². The van der Waals surface area contributed by atoms with Gasteiger partial charge >= 0.3 is 0 Å². The number of halogens is 1. The molecule has 0 unspecified atom stereocenters. The second-order valence-electron chi connectivity index (χ2n) is 3.16. The lowest BCUT2D eigenvalue weighted by atomic mass is 10.0. The van der Waals surface area contributed by atoms with Gasteiger partial charge in [-0.3, -0.25) is 4.79 Å². The van der Waals surface area contributed by atoms with E-state index < -0.39 is 0 Å².